The summed E-state index contributed by atoms with van der Waals surface area (Å²) in [5, 5.41) is 0.417. The van der Waals surface area contributed by atoms with Crippen LogP contribution in [0.1, 0.15) is 24.4 Å². The van der Waals surface area contributed by atoms with Crippen molar-refractivity contribution in [2.24, 2.45) is 5.84 Å². The lowest BCUT2D eigenvalue weighted by Gasteiger charge is -2.15. The van der Waals surface area contributed by atoms with Gasteiger partial charge in [0.1, 0.15) is 15.0 Å². The zero-order chi connectivity index (χ0) is 12.9. The molecule has 1 unspecified atom stereocenters. The molecule has 0 bridgehead atoms. The van der Waals surface area contributed by atoms with Gasteiger partial charge in [-0.2, -0.15) is 0 Å². The summed E-state index contributed by atoms with van der Waals surface area (Å²) >= 11 is 5.68. The lowest BCUT2D eigenvalue weighted by Crippen LogP contribution is -2.28. The summed E-state index contributed by atoms with van der Waals surface area (Å²) in [6.45, 7) is 0. The lowest BCUT2D eigenvalue weighted by atomic mass is 10.1. The molecule has 3 N–H and O–H groups in total. The molecular formula is C10H16ClN3O2S. The number of pyridine rings is 1. The fourth-order valence-electron chi connectivity index (χ4n) is 1.49. The van der Waals surface area contributed by atoms with Crippen LogP contribution in [-0.4, -0.2) is 25.4 Å². The van der Waals surface area contributed by atoms with Crippen molar-refractivity contribution in [1.82, 2.24) is 10.4 Å². The van der Waals surface area contributed by atoms with Crippen LogP contribution < -0.4 is 11.3 Å². The molecule has 0 aliphatic rings. The highest BCUT2D eigenvalue weighted by molar-refractivity contribution is 7.90. The van der Waals surface area contributed by atoms with Gasteiger partial charge in [0.05, 0.1) is 0 Å². The van der Waals surface area contributed by atoms with Crippen molar-refractivity contribution >= 4 is 21.4 Å². The van der Waals surface area contributed by atoms with Crippen LogP contribution in [0.2, 0.25) is 5.15 Å². The van der Waals surface area contributed by atoms with E-state index in [4.69, 9.17) is 17.4 Å². The number of nitrogens with one attached hydrogen (secondary N) is 1. The van der Waals surface area contributed by atoms with Gasteiger partial charge >= 0.3 is 0 Å². The van der Waals surface area contributed by atoms with Gasteiger partial charge in [0, 0.05) is 24.2 Å². The molecule has 0 saturated heterocycles. The van der Waals surface area contributed by atoms with Gasteiger partial charge in [-0.3, -0.25) is 11.3 Å². The van der Waals surface area contributed by atoms with Crippen molar-refractivity contribution in [3.05, 3.63) is 29.0 Å². The topological polar surface area (TPSA) is 85.1 Å². The molecule has 1 heterocycles. The molecule has 0 saturated carbocycles. The molecule has 0 aliphatic heterocycles. The molecule has 0 amide bonds. The minimum atomic E-state index is -2.92. The number of hydrogen-bond donors (Lipinski definition) is 2. The van der Waals surface area contributed by atoms with Crippen LogP contribution in [0.25, 0.3) is 0 Å². The number of aromatic nitrogens is 1. The van der Waals surface area contributed by atoms with Gasteiger partial charge < -0.3 is 0 Å². The van der Waals surface area contributed by atoms with E-state index in [-0.39, 0.29) is 11.8 Å². The normalized spacial score (nSPS) is 13.6. The van der Waals surface area contributed by atoms with E-state index < -0.39 is 9.84 Å². The SMILES string of the molecule is CS(=O)(=O)CCCC(NN)c1ccc(Cl)nc1. The fraction of sp³-hybridized carbons (Fsp3) is 0.500. The molecule has 96 valence electrons. The van der Waals surface area contributed by atoms with Gasteiger partial charge in [0.25, 0.3) is 0 Å². The lowest BCUT2D eigenvalue weighted by molar-refractivity contribution is 0.506. The molecule has 1 atom stereocenters. The third-order valence-corrected chi connectivity index (χ3v) is 3.62. The van der Waals surface area contributed by atoms with Crippen molar-refractivity contribution in [2.75, 3.05) is 12.0 Å². The predicted molar refractivity (Wildman–Crippen MR) is 68.3 cm³/mol. The molecule has 7 heteroatoms. The molecule has 0 aliphatic carbocycles. The quantitative estimate of drug-likeness (QED) is 0.461. The summed E-state index contributed by atoms with van der Waals surface area (Å²) in [6.07, 6.45) is 4.04. The zero-order valence-electron chi connectivity index (χ0n) is 9.56. The monoisotopic (exact) mass is 277 g/mol. The molecule has 0 aromatic carbocycles. The van der Waals surface area contributed by atoms with Gasteiger partial charge in [-0.05, 0) is 24.5 Å². The van der Waals surface area contributed by atoms with Gasteiger partial charge in [-0.25, -0.2) is 13.4 Å². The van der Waals surface area contributed by atoms with E-state index in [1.807, 2.05) is 6.07 Å². The summed E-state index contributed by atoms with van der Waals surface area (Å²) < 4.78 is 22.0. The predicted octanol–water partition coefficient (Wildman–Crippen LogP) is 1.06. The van der Waals surface area contributed by atoms with Crippen molar-refractivity contribution in [2.45, 2.75) is 18.9 Å². The molecule has 1 rings (SSSR count). The van der Waals surface area contributed by atoms with E-state index >= 15 is 0 Å². The molecule has 0 radical (unpaired) electrons. The molecule has 17 heavy (non-hydrogen) atoms. The van der Waals surface area contributed by atoms with Gasteiger partial charge in [0.2, 0.25) is 0 Å². The highest BCUT2D eigenvalue weighted by Gasteiger charge is 2.11. The van der Waals surface area contributed by atoms with Gasteiger partial charge in [-0.1, -0.05) is 17.7 Å². The minimum Gasteiger partial charge on any atom is -0.271 e. The first-order valence-corrected chi connectivity index (χ1v) is 7.61. The number of hydrazine groups is 1. The maximum Gasteiger partial charge on any atom is 0.147 e. The van der Waals surface area contributed by atoms with Crippen LogP contribution in [0.4, 0.5) is 0 Å². The highest BCUT2D eigenvalue weighted by Crippen LogP contribution is 2.18. The molecular weight excluding hydrogens is 262 g/mol. The zero-order valence-corrected chi connectivity index (χ0v) is 11.1. The average molecular weight is 278 g/mol. The summed E-state index contributed by atoms with van der Waals surface area (Å²) in [6, 6.07) is 3.39. The van der Waals surface area contributed by atoms with E-state index in [1.54, 1.807) is 12.3 Å². The molecule has 1 aromatic heterocycles. The Hall–Kier alpha value is -0.690. The van der Waals surface area contributed by atoms with Crippen LogP contribution >= 0.6 is 11.6 Å². The van der Waals surface area contributed by atoms with Crippen molar-refractivity contribution < 1.29 is 8.42 Å². The standard InChI is InChI=1S/C10H16ClN3O2S/c1-17(15,16)6-2-3-9(14-12)8-4-5-10(11)13-7-8/h4-5,7,9,14H,2-3,6,12H2,1H3. The number of nitrogens with zero attached hydrogens (tertiary/aromatic N) is 1. The maximum absolute atomic E-state index is 11.0. The van der Waals surface area contributed by atoms with Crippen LogP contribution in [0, 0.1) is 0 Å². The summed E-state index contributed by atoms with van der Waals surface area (Å²) in [4.78, 5) is 3.96. The van der Waals surface area contributed by atoms with E-state index in [1.165, 1.54) is 6.26 Å². The van der Waals surface area contributed by atoms with Crippen LogP contribution in [0.3, 0.4) is 0 Å². The smallest absolute Gasteiger partial charge is 0.147 e. The number of nitrogens with two attached hydrogens (primary N) is 1. The summed E-state index contributed by atoms with van der Waals surface area (Å²) in [5.41, 5.74) is 3.54. The Labute approximate surface area is 106 Å². The Morgan fingerprint density at radius 3 is 2.71 bits per heavy atom. The first-order chi connectivity index (χ1) is 7.92. The van der Waals surface area contributed by atoms with Crippen molar-refractivity contribution in [3.8, 4) is 0 Å². The van der Waals surface area contributed by atoms with Crippen LogP contribution in [-0.2, 0) is 9.84 Å². The number of rotatable bonds is 6. The Morgan fingerprint density at radius 1 is 1.53 bits per heavy atom. The molecule has 0 fully saturated rings. The Balaban J connectivity index is 2.57. The highest BCUT2D eigenvalue weighted by atomic mass is 35.5. The largest absolute Gasteiger partial charge is 0.271 e. The van der Waals surface area contributed by atoms with E-state index in [0.29, 0.717) is 18.0 Å². The third kappa shape index (κ3) is 5.45. The second-order valence-electron chi connectivity index (χ2n) is 3.91. The molecule has 1 aromatic rings. The van der Waals surface area contributed by atoms with E-state index in [9.17, 15) is 8.42 Å². The second-order valence-corrected chi connectivity index (χ2v) is 6.55. The average Bonchev–Trinajstić information content (AvgIpc) is 2.24. The molecule has 0 spiro atoms. The number of halogens is 1. The van der Waals surface area contributed by atoms with E-state index in [2.05, 4.69) is 10.4 Å². The van der Waals surface area contributed by atoms with Gasteiger partial charge in [0.15, 0.2) is 0 Å². The number of sulfone groups is 1. The first-order valence-electron chi connectivity index (χ1n) is 5.17. The maximum atomic E-state index is 11.0. The Bertz CT molecular complexity index is 447. The summed E-state index contributed by atoms with van der Waals surface area (Å²) in [7, 11) is -2.92. The summed E-state index contributed by atoms with van der Waals surface area (Å²) in [5.74, 6) is 5.59. The second kappa shape index (κ2) is 6.30. The van der Waals surface area contributed by atoms with Gasteiger partial charge in [-0.15, -0.1) is 0 Å². The van der Waals surface area contributed by atoms with Crippen molar-refractivity contribution in [3.63, 3.8) is 0 Å². The Kier molecular flexibility index (Phi) is 5.32. The molecule has 5 nitrogen and oxygen atoms in total. The van der Waals surface area contributed by atoms with Crippen LogP contribution in [0.15, 0.2) is 18.3 Å². The Morgan fingerprint density at radius 2 is 2.24 bits per heavy atom. The minimum absolute atomic E-state index is 0.110. The number of hydrogen-bond acceptors (Lipinski definition) is 5. The third-order valence-electron chi connectivity index (χ3n) is 2.36. The van der Waals surface area contributed by atoms with Crippen molar-refractivity contribution in [1.29, 1.82) is 0 Å². The van der Waals surface area contributed by atoms with E-state index in [0.717, 1.165) is 5.56 Å². The first kappa shape index (κ1) is 14.4. The van der Waals surface area contributed by atoms with Crippen LogP contribution in [0.5, 0.6) is 0 Å². The fourth-order valence-corrected chi connectivity index (χ4v) is 2.29.